The molecule has 1 saturated heterocycles. The molecule has 1 aliphatic rings. The van der Waals surface area contributed by atoms with Crippen molar-refractivity contribution < 1.29 is 4.74 Å². The fraction of sp³-hybridized carbons (Fsp3) is 0.733. The van der Waals surface area contributed by atoms with Gasteiger partial charge in [0, 0.05) is 30.4 Å². The summed E-state index contributed by atoms with van der Waals surface area (Å²) in [5.41, 5.74) is 0. The van der Waals surface area contributed by atoms with Gasteiger partial charge in [0.05, 0.1) is 6.10 Å². The van der Waals surface area contributed by atoms with E-state index in [1.807, 2.05) is 11.8 Å². The van der Waals surface area contributed by atoms with Gasteiger partial charge in [0.25, 0.3) is 0 Å². The number of anilines is 1. The molecular formula is C15H25N3OS. The van der Waals surface area contributed by atoms with Crippen molar-refractivity contribution in [2.45, 2.75) is 62.8 Å². The van der Waals surface area contributed by atoms with Crippen molar-refractivity contribution in [2.75, 3.05) is 18.5 Å². The van der Waals surface area contributed by atoms with Crippen LogP contribution in [-0.4, -0.2) is 34.5 Å². The van der Waals surface area contributed by atoms with Gasteiger partial charge in [-0.2, -0.15) is 0 Å². The van der Waals surface area contributed by atoms with Crippen LogP contribution in [0.1, 0.15) is 52.3 Å². The van der Waals surface area contributed by atoms with Crippen molar-refractivity contribution >= 4 is 17.6 Å². The molecule has 0 radical (unpaired) electrons. The Hall–Kier alpha value is -0.810. The second-order valence-electron chi connectivity index (χ2n) is 5.55. The van der Waals surface area contributed by atoms with E-state index < -0.39 is 0 Å². The van der Waals surface area contributed by atoms with E-state index in [9.17, 15) is 0 Å². The summed E-state index contributed by atoms with van der Waals surface area (Å²) in [6.45, 7) is 10.4. The Morgan fingerprint density at radius 1 is 1.45 bits per heavy atom. The third kappa shape index (κ3) is 4.09. The van der Waals surface area contributed by atoms with Gasteiger partial charge in [-0.3, -0.25) is 0 Å². The Bertz CT molecular complexity index is 439. The molecule has 2 unspecified atom stereocenters. The molecule has 5 heteroatoms. The van der Waals surface area contributed by atoms with Crippen LogP contribution in [0, 0.1) is 0 Å². The highest BCUT2D eigenvalue weighted by molar-refractivity contribution is 7.99. The van der Waals surface area contributed by atoms with E-state index in [1.165, 1.54) is 0 Å². The lowest BCUT2D eigenvalue weighted by atomic mass is 10.2. The van der Waals surface area contributed by atoms with E-state index in [1.54, 1.807) is 0 Å². The van der Waals surface area contributed by atoms with Gasteiger partial charge < -0.3 is 10.1 Å². The van der Waals surface area contributed by atoms with Gasteiger partial charge in [-0.1, -0.05) is 20.8 Å². The summed E-state index contributed by atoms with van der Waals surface area (Å²) in [7, 11) is 0. The summed E-state index contributed by atoms with van der Waals surface area (Å²) >= 11 is 1.82. The zero-order chi connectivity index (χ0) is 14.5. The molecule has 2 atom stereocenters. The van der Waals surface area contributed by atoms with Gasteiger partial charge in [-0.25, -0.2) is 9.97 Å². The molecule has 0 aromatic carbocycles. The number of ether oxygens (including phenoxy) is 1. The number of nitrogens with zero attached hydrogens (tertiary/aromatic N) is 2. The van der Waals surface area contributed by atoms with Crippen molar-refractivity contribution in [1.82, 2.24) is 9.97 Å². The van der Waals surface area contributed by atoms with Gasteiger partial charge in [0.1, 0.15) is 16.7 Å². The Kier molecular flexibility index (Phi) is 5.66. The first-order valence-corrected chi connectivity index (χ1v) is 8.39. The minimum atomic E-state index is 0.310. The molecule has 0 bridgehead atoms. The van der Waals surface area contributed by atoms with Crippen LogP contribution >= 0.6 is 11.8 Å². The van der Waals surface area contributed by atoms with Crippen LogP contribution < -0.4 is 5.32 Å². The first-order chi connectivity index (χ1) is 9.60. The van der Waals surface area contributed by atoms with Gasteiger partial charge >= 0.3 is 0 Å². The van der Waals surface area contributed by atoms with Crippen molar-refractivity contribution in [3.05, 3.63) is 11.9 Å². The smallest absolute Gasteiger partial charge is 0.134 e. The molecule has 1 aromatic rings. The fourth-order valence-corrected chi connectivity index (χ4v) is 3.25. The van der Waals surface area contributed by atoms with E-state index in [2.05, 4.69) is 44.1 Å². The molecule has 0 spiro atoms. The Morgan fingerprint density at radius 3 is 2.85 bits per heavy atom. The lowest BCUT2D eigenvalue weighted by Crippen LogP contribution is -2.14. The predicted molar refractivity (Wildman–Crippen MR) is 84.6 cm³/mol. The third-order valence-electron chi connectivity index (χ3n) is 3.37. The summed E-state index contributed by atoms with van der Waals surface area (Å²) in [6, 6.07) is 2.07. The first-order valence-electron chi connectivity index (χ1n) is 7.51. The highest BCUT2D eigenvalue weighted by Gasteiger charge is 2.26. The summed E-state index contributed by atoms with van der Waals surface area (Å²) in [6.07, 6.45) is 2.51. The molecule has 1 aliphatic heterocycles. The highest BCUT2D eigenvalue weighted by atomic mass is 32.2. The molecule has 1 aromatic heterocycles. The monoisotopic (exact) mass is 295 g/mol. The number of hydrogen-bond acceptors (Lipinski definition) is 5. The first kappa shape index (κ1) is 15.6. The summed E-state index contributed by atoms with van der Waals surface area (Å²) < 4.78 is 5.63. The van der Waals surface area contributed by atoms with Crippen molar-refractivity contribution in [2.24, 2.45) is 0 Å². The van der Waals surface area contributed by atoms with Crippen LogP contribution in [0.15, 0.2) is 11.1 Å². The van der Waals surface area contributed by atoms with Crippen LogP contribution in [0.25, 0.3) is 0 Å². The molecule has 0 amide bonds. The molecule has 2 heterocycles. The number of nitrogens with one attached hydrogen (secondary N) is 1. The predicted octanol–water partition coefficient (Wildman–Crippen LogP) is 3.69. The van der Waals surface area contributed by atoms with E-state index in [0.717, 1.165) is 42.7 Å². The highest BCUT2D eigenvalue weighted by Crippen LogP contribution is 2.32. The molecule has 1 fully saturated rings. The maximum Gasteiger partial charge on any atom is 0.134 e. The van der Waals surface area contributed by atoms with Crippen LogP contribution in [0.3, 0.4) is 0 Å². The van der Waals surface area contributed by atoms with E-state index in [-0.39, 0.29) is 0 Å². The molecule has 4 nitrogen and oxygen atoms in total. The van der Waals surface area contributed by atoms with E-state index in [4.69, 9.17) is 9.72 Å². The van der Waals surface area contributed by atoms with Crippen LogP contribution in [0.5, 0.6) is 0 Å². The maximum atomic E-state index is 5.63. The Balaban J connectivity index is 2.15. The standard InChI is InChI=1S/C15H25N3OS/c1-5-7-16-13-9-14(18-15(17-13)10(2)3)20-12-6-8-19-11(12)4/h9-12H,5-8H2,1-4H3,(H,16,17,18). The second kappa shape index (κ2) is 7.27. The second-order valence-corrected chi connectivity index (χ2v) is 6.81. The van der Waals surface area contributed by atoms with Gasteiger partial charge in [-0.05, 0) is 19.8 Å². The Labute approximate surface area is 126 Å². The number of hydrogen-bond donors (Lipinski definition) is 1. The van der Waals surface area contributed by atoms with Gasteiger partial charge in [0.15, 0.2) is 0 Å². The summed E-state index contributed by atoms with van der Waals surface area (Å²) in [4.78, 5) is 9.29. The average molecular weight is 295 g/mol. The van der Waals surface area contributed by atoms with Crippen molar-refractivity contribution in [1.29, 1.82) is 0 Å². The fourth-order valence-electron chi connectivity index (χ4n) is 2.13. The van der Waals surface area contributed by atoms with Gasteiger partial charge in [0.2, 0.25) is 0 Å². The minimum absolute atomic E-state index is 0.310. The number of rotatable bonds is 6. The zero-order valence-electron chi connectivity index (χ0n) is 12.8. The lowest BCUT2D eigenvalue weighted by Gasteiger charge is -2.15. The number of aromatic nitrogens is 2. The quantitative estimate of drug-likeness (QED) is 0.811. The topological polar surface area (TPSA) is 47.0 Å². The van der Waals surface area contributed by atoms with Crippen LogP contribution in [-0.2, 0) is 4.74 Å². The molecule has 0 aliphatic carbocycles. The normalized spacial score (nSPS) is 22.4. The van der Waals surface area contributed by atoms with Crippen LogP contribution in [0.4, 0.5) is 5.82 Å². The zero-order valence-corrected chi connectivity index (χ0v) is 13.7. The average Bonchev–Trinajstić information content (AvgIpc) is 2.81. The molecule has 20 heavy (non-hydrogen) atoms. The SMILES string of the molecule is CCCNc1cc(SC2CCOC2C)nc(C(C)C)n1. The van der Waals surface area contributed by atoms with Crippen molar-refractivity contribution in [3.8, 4) is 0 Å². The summed E-state index contributed by atoms with van der Waals surface area (Å²) in [5.74, 6) is 2.20. The van der Waals surface area contributed by atoms with Crippen molar-refractivity contribution in [3.63, 3.8) is 0 Å². The lowest BCUT2D eigenvalue weighted by molar-refractivity contribution is 0.127. The molecule has 1 N–H and O–H groups in total. The van der Waals surface area contributed by atoms with E-state index in [0.29, 0.717) is 17.3 Å². The van der Waals surface area contributed by atoms with Gasteiger partial charge in [-0.15, -0.1) is 11.8 Å². The third-order valence-corrected chi connectivity index (χ3v) is 4.74. The Morgan fingerprint density at radius 2 is 2.25 bits per heavy atom. The van der Waals surface area contributed by atoms with Crippen LogP contribution in [0.2, 0.25) is 0 Å². The molecule has 0 saturated carbocycles. The largest absolute Gasteiger partial charge is 0.377 e. The molecule has 112 valence electrons. The van der Waals surface area contributed by atoms with E-state index >= 15 is 0 Å². The minimum Gasteiger partial charge on any atom is -0.377 e. The molecular weight excluding hydrogens is 270 g/mol. The summed E-state index contributed by atoms with van der Waals surface area (Å²) in [5, 5.41) is 4.93. The molecule has 2 rings (SSSR count). The number of thioether (sulfide) groups is 1. The maximum absolute atomic E-state index is 5.63.